The molecule has 0 aliphatic rings. The Bertz CT molecular complexity index is 857. The highest BCUT2D eigenvalue weighted by molar-refractivity contribution is 5.98. The van der Waals surface area contributed by atoms with Crippen molar-refractivity contribution >= 4 is 11.8 Å². The lowest BCUT2D eigenvalue weighted by atomic mass is 10.1. The van der Waals surface area contributed by atoms with E-state index in [-0.39, 0.29) is 11.1 Å². The Balaban J connectivity index is 2.37. The third-order valence-corrected chi connectivity index (χ3v) is 4.36. The molecule has 0 fully saturated rings. The molecule has 0 saturated heterocycles. The van der Waals surface area contributed by atoms with E-state index in [1.165, 1.54) is 18.1 Å². The fourth-order valence-electron chi connectivity index (χ4n) is 2.75. The third kappa shape index (κ3) is 5.29. The van der Waals surface area contributed by atoms with Gasteiger partial charge in [-0.3, -0.25) is 14.4 Å². The molecule has 2 amide bonds. The van der Waals surface area contributed by atoms with E-state index in [0.29, 0.717) is 19.0 Å². The molecule has 1 heterocycles. The second kappa shape index (κ2) is 9.16. The van der Waals surface area contributed by atoms with E-state index in [0.717, 1.165) is 12.0 Å². The Kier molecular flexibility index (Phi) is 6.93. The van der Waals surface area contributed by atoms with Gasteiger partial charge >= 0.3 is 0 Å². The summed E-state index contributed by atoms with van der Waals surface area (Å²) in [6.07, 6.45) is 3.96. The Labute approximate surface area is 159 Å². The van der Waals surface area contributed by atoms with Gasteiger partial charge < -0.3 is 14.8 Å². The number of aromatic nitrogens is 1. The van der Waals surface area contributed by atoms with Crippen molar-refractivity contribution in [3.63, 3.8) is 0 Å². The van der Waals surface area contributed by atoms with Crippen LogP contribution in [0.25, 0.3) is 0 Å². The Morgan fingerprint density at radius 3 is 2.33 bits per heavy atom. The number of hydrogen-bond donors (Lipinski definition) is 1. The maximum Gasteiger partial charge on any atom is 0.259 e. The molecule has 144 valence electrons. The van der Waals surface area contributed by atoms with Crippen molar-refractivity contribution in [1.82, 2.24) is 14.8 Å². The molecule has 1 N–H and O–H groups in total. The number of aryl methyl sites for hydroxylation is 1. The zero-order valence-corrected chi connectivity index (χ0v) is 16.4. The van der Waals surface area contributed by atoms with Crippen molar-refractivity contribution < 1.29 is 9.59 Å². The van der Waals surface area contributed by atoms with Gasteiger partial charge in [0.15, 0.2) is 0 Å². The molecule has 0 aliphatic carbocycles. The number of pyridine rings is 1. The van der Waals surface area contributed by atoms with Crippen LogP contribution in [0.2, 0.25) is 0 Å². The molecule has 0 saturated carbocycles. The predicted octanol–water partition coefficient (Wildman–Crippen LogP) is 2.53. The standard InChI is InChI=1S/C21H27N3O3/c1-15(2)10-11-24-13-17(20(26)22-3)19(25)18(14-24)21(27)23(4)12-16-8-6-5-7-9-16/h5-9,13-15H,10-12H2,1-4H3,(H,22,26). The molecule has 0 atom stereocenters. The first kappa shape index (κ1) is 20.4. The molecule has 0 unspecified atom stereocenters. The lowest BCUT2D eigenvalue weighted by Gasteiger charge is -2.19. The predicted molar refractivity (Wildman–Crippen MR) is 106 cm³/mol. The largest absolute Gasteiger partial charge is 0.355 e. The number of rotatable bonds is 7. The van der Waals surface area contributed by atoms with E-state index in [2.05, 4.69) is 19.2 Å². The minimum atomic E-state index is -0.542. The van der Waals surface area contributed by atoms with Gasteiger partial charge in [-0.2, -0.15) is 0 Å². The minimum Gasteiger partial charge on any atom is -0.355 e. The molecule has 0 spiro atoms. The second-order valence-corrected chi connectivity index (χ2v) is 7.06. The lowest BCUT2D eigenvalue weighted by molar-refractivity contribution is 0.0783. The zero-order chi connectivity index (χ0) is 20.0. The molecule has 0 bridgehead atoms. The maximum absolute atomic E-state index is 12.9. The quantitative estimate of drug-likeness (QED) is 0.815. The van der Waals surface area contributed by atoms with Crippen molar-refractivity contribution in [2.45, 2.75) is 33.4 Å². The molecule has 0 radical (unpaired) electrons. The first-order chi connectivity index (χ1) is 12.8. The van der Waals surface area contributed by atoms with Crippen LogP contribution in [0.1, 0.15) is 46.5 Å². The summed E-state index contributed by atoms with van der Waals surface area (Å²) in [4.78, 5) is 39.2. The van der Waals surface area contributed by atoms with Crippen LogP contribution < -0.4 is 10.7 Å². The smallest absolute Gasteiger partial charge is 0.259 e. The first-order valence-corrected chi connectivity index (χ1v) is 9.09. The van der Waals surface area contributed by atoms with Gasteiger partial charge in [-0.25, -0.2) is 0 Å². The van der Waals surface area contributed by atoms with E-state index in [1.807, 2.05) is 30.3 Å². The number of amides is 2. The molecular formula is C21H27N3O3. The van der Waals surface area contributed by atoms with Gasteiger partial charge in [0.25, 0.3) is 11.8 Å². The summed E-state index contributed by atoms with van der Waals surface area (Å²) < 4.78 is 1.76. The van der Waals surface area contributed by atoms with Crippen LogP contribution in [0.3, 0.4) is 0 Å². The molecule has 27 heavy (non-hydrogen) atoms. The summed E-state index contributed by atoms with van der Waals surface area (Å²) in [5.41, 5.74) is 0.425. The Morgan fingerprint density at radius 1 is 1.11 bits per heavy atom. The summed E-state index contributed by atoms with van der Waals surface area (Å²) in [5, 5.41) is 2.47. The summed E-state index contributed by atoms with van der Waals surface area (Å²) in [5.74, 6) is -0.417. The second-order valence-electron chi connectivity index (χ2n) is 7.06. The van der Waals surface area contributed by atoms with Crippen LogP contribution in [0.15, 0.2) is 47.5 Å². The van der Waals surface area contributed by atoms with Gasteiger partial charge in [0.2, 0.25) is 5.43 Å². The Morgan fingerprint density at radius 2 is 1.74 bits per heavy atom. The third-order valence-electron chi connectivity index (χ3n) is 4.36. The van der Waals surface area contributed by atoms with Gasteiger partial charge in [0.05, 0.1) is 0 Å². The molecule has 6 nitrogen and oxygen atoms in total. The van der Waals surface area contributed by atoms with Crippen LogP contribution >= 0.6 is 0 Å². The monoisotopic (exact) mass is 369 g/mol. The van der Waals surface area contributed by atoms with Crippen LogP contribution in [0.5, 0.6) is 0 Å². The van der Waals surface area contributed by atoms with Gasteiger partial charge in [0, 0.05) is 39.6 Å². The fraction of sp³-hybridized carbons (Fsp3) is 0.381. The summed E-state index contributed by atoms with van der Waals surface area (Å²) in [6, 6.07) is 9.56. The van der Waals surface area contributed by atoms with Crippen molar-refractivity contribution in [3.05, 3.63) is 69.6 Å². The average molecular weight is 369 g/mol. The maximum atomic E-state index is 12.9. The topological polar surface area (TPSA) is 71.4 Å². The van der Waals surface area contributed by atoms with E-state index < -0.39 is 17.2 Å². The first-order valence-electron chi connectivity index (χ1n) is 9.09. The number of carbonyl (C=O) groups is 2. The number of benzene rings is 1. The van der Waals surface area contributed by atoms with Gasteiger partial charge in [-0.05, 0) is 17.9 Å². The lowest BCUT2D eigenvalue weighted by Crippen LogP contribution is -2.35. The van der Waals surface area contributed by atoms with E-state index >= 15 is 0 Å². The van der Waals surface area contributed by atoms with Crippen LogP contribution in [0, 0.1) is 5.92 Å². The molecular weight excluding hydrogens is 342 g/mol. The highest BCUT2D eigenvalue weighted by Gasteiger charge is 2.21. The van der Waals surface area contributed by atoms with Crippen LogP contribution in [-0.4, -0.2) is 35.4 Å². The van der Waals surface area contributed by atoms with Crippen molar-refractivity contribution in [1.29, 1.82) is 0 Å². The molecule has 6 heteroatoms. The SMILES string of the molecule is CNC(=O)c1cn(CCC(C)C)cc(C(=O)N(C)Cc2ccccc2)c1=O. The zero-order valence-electron chi connectivity index (χ0n) is 16.4. The highest BCUT2D eigenvalue weighted by atomic mass is 16.2. The molecule has 1 aromatic heterocycles. The van der Waals surface area contributed by atoms with E-state index in [9.17, 15) is 14.4 Å². The molecule has 2 rings (SSSR count). The number of hydrogen-bond acceptors (Lipinski definition) is 3. The molecule has 0 aliphatic heterocycles. The van der Waals surface area contributed by atoms with Crippen molar-refractivity contribution in [3.8, 4) is 0 Å². The van der Waals surface area contributed by atoms with Gasteiger partial charge in [-0.1, -0.05) is 44.2 Å². The normalized spacial score (nSPS) is 10.7. The average Bonchev–Trinajstić information content (AvgIpc) is 2.66. The summed E-state index contributed by atoms with van der Waals surface area (Å²) in [6.45, 7) is 5.21. The van der Waals surface area contributed by atoms with E-state index in [1.54, 1.807) is 17.8 Å². The summed E-state index contributed by atoms with van der Waals surface area (Å²) >= 11 is 0. The van der Waals surface area contributed by atoms with Crippen molar-refractivity contribution in [2.24, 2.45) is 5.92 Å². The number of nitrogens with one attached hydrogen (secondary N) is 1. The molecule has 2 aromatic rings. The summed E-state index contributed by atoms with van der Waals surface area (Å²) in [7, 11) is 3.12. The minimum absolute atomic E-state index is 0.0123. The van der Waals surface area contributed by atoms with E-state index in [4.69, 9.17) is 0 Å². The molecule has 1 aromatic carbocycles. The van der Waals surface area contributed by atoms with Gasteiger partial charge in [0.1, 0.15) is 11.1 Å². The fourth-order valence-corrected chi connectivity index (χ4v) is 2.75. The van der Waals surface area contributed by atoms with Crippen LogP contribution in [-0.2, 0) is 13.1 Å². The number of carbonyl (C=O) groups excluding carboxylic acids is 2. The van der Waals surface area contributed by atoms with Crippen molar-refractivity contribution in [2.75, 3.05) is 14.1 Å². The van der Waals surface area contributed by atoms with Crippen LogP contribution in [0.4, 0.5) is 0 Å². The Hall–Kier alpha value is -2.89. The number of nitrogens with zero attached hydrogens (tertiary/aromatic N) is 2. The van der Waals surface area contributed by atoms with Gasteiger partial charge in [-0.15, -0.1) is 0 Å². The highest BCUT2D eigenvalue weighted by Crippen LogP contribution is 2.09.